The molecule has 0 aliphatic heterocycles. The van der Waals surface area contributed by atoms with Crippen LogP contribution in [0, 0.1) is 29.6 Å². The molecule has 0 heterocycles. The Kier molecular flexibility index (Phi) is 7.05. The summed E-state index contributed by atoms with van der Waals surface area (Å²) in [6.07, 6.45) is -1.30. The minimum atomic E-state index is -2.71. The first-order chi connectivity index (χ1) is 19.7. The van der Waals surface area contributed by atoms with Crippen molar-refractivity contribution in [2.45, 2.75) is 30.6 Å². The number of anilines is 2. The number of hydrogen-bond donors (Lipinski definition) is 6. The summed E-state index contributed by atoms with van der Waals surface area (Å²) in [4.78, 5) is 43.2. The number of nitrogens with zero attached hydrogens (tertiary/aromatic N) is 2. The molecule has 220 valence electrons. The van der Waals surface area contributed by atoms with Crippen LogP contribution in [0.3, 0.4) is 0 Å². The van der Waals surface area contributed by atoms with Crippen molar-refractivity contribution >= 4 is 34.6 Å². The van der Waals surface area contributed by atoms with E-state index in [1.54, 1.807) is 68.3 Å². The van der Waals surface area contributed by atoms with Gasteiger partial charge < -0.3 is 41.7 Å². The summed E-state index contributed by atoms with van der Waals surface area (Å²) in [6, 6.07) is 7.59. The van der Waals surface area contributed by atoms with E-state index in [0.29, 0.717) is 22.5 Å². The first-order valence-corrected chi connectivity index (χ1v) is 13.5. The third-order valence-corrected chi connectivity index (χ3v) is 8.80. The zero-order valence-corrected chi connectivity index (χ0v) is 23.8. The van der Waals surface area contributed by atoms with Crippen LogP contribution in [-0.4, -0.2) is 88.7 Å². The van der Waals surface area contributed by atoms with Crippen molar-refractivity contribution in [1.29, 1.82) is 0 Å². The number of hydrogen-bond acceptors (Lipinski definition) is 10. The molecule has 0 spiro atoms. The highest BCUT2D eigenvalue weighted by Crippen LogP contribution is 2.53. The Hall–Kier alpha value is -4.37. The molecule has 11 heteroatoms. The molecule has 11 nitrogen and oxygen atoms in total. The van der Waals surface area contributed by atoms with Gasteiger partial charge in [-0.1, -0.05) is 11.8 Å². The third kappa shape index (κ3) is 4.22. The van der Waals surface area contributed by atoms with Gasteiger partial charge in [-0.25, -0.2) is 0 Å². The largest absolute Gasteiger partial charge is 0.507 e. The van der Waals surface area contributed by atoms with Gasteiger partial charge in [-0.2, -0.15) is 0 Å². The number of nitrogens with two attached hydrogens (primary N) is 2. The molecule has 0 saturated heterocycles. The fraction of sp³-hybridized carbons (Fsp3) is 0.387. The van der Waals surface area contributed by atoms with Crippen molar-refractivity contribution in [2.75, 3.05) is 38.8 Å². The Morgan fingerprint density at radius 3 is 2.29 bits per heavy atom. The number of carbonyl (C=O) groups excluding carboxylic acids is 3. The molecule has 0 bridgehead atoms. The summed E-state index contributed by atoms with van der Waals surface area (Å²) in [6.45, 7) is 0. The second-order valence-electron chi connectivity index (χ2n) is 11.7. The number of aromatic hydroxyl groups is 1. The molecule has 2 unspecified atom stereocenters. The van der Waals surface area contributed by atoms with E-state index in [1.165, 1.54) is 0 Å². The van der Waals surface area contributed by atoms with Crippen LogP contribution in [0.4, 0.5) is 11.4 Å². The van der Waals surface area contributed by atoms with Gasteiger partial charge in [-0.15, -0.1) is 0 Å². The van der Waals surface area contributed by atoms with Crippen LogP contribution < -0.4 is 16.4 Å². The number of likely N-dealkylation sites (N-methyl/N-ethyl adjacent to an activating group) is 1. The number of phenols is 1. The van der Waals surface area contributed by atoms with E-state index in [1.807, 2.05) is 0 Å². The average Bonchev–Trinajstić information content (AvgIpc) is 2.90. The Morgan fingerprint density at radius 1 is 1.07 bits per heavy atom. The number of aliphatic hydroxyl groups excluding tert-OH is 2. The number of phenolic OH excluding ortho intramolecular Hbond substituents is 1. The van der Waals surface area contributed by atoms with Gasteiger partial charge in [0, 0.05) is 48.6 Å². The maximum absolute atomic E-state index is 14.1. The summed E-state index contributed by atoms with van der Waals surface area (Å²) < 4.78 is 0. The van der Waals surface area contributed by atoms with Crippen molar-refractivity contribution < 1.29 is 34.8 Å². The lowest BCUT2D eigenvalue weighted by Gasteiger charge is -2.53. The average molecular weight is 575 g/mol. The normalized spacial score (nSPS) is 28.4. The summed E-state index contributed by atoms with van der Waals surface area (Å²) in [5.74, 6) is -1.99. The maximum Gasteiger partial charge on any atom is 0.230 e. The zero-order chi connectivity index (χ0) is 30.8. The summed E-state index contributed by atoms with van der Waals surface area (Å²) in [5, 5.41) is 45.7. The topological polar surface area (TPSA) is 191 Å². The molecule has 1 amide bonds. The molecule has 3 aliphatic carbocycles. The molecule has 2 aromatic carbocycles. The van der Waals surface area contributed by atoms with Crippen molar-refractivity contribution in [3.8, 4) is 17.6 Å². The Bertz CT molecular complexity index is 1600. The fourth-order valence-electron chi connectivity index (χ4n) is 6.85. The van der Waals surface area contributed by atoms with Crippen molar-refractivity contribution in [3.05, 3.63) is 58.2 Å². The standard InChI is InChI=1S/C31H34N4O7/c1-34(2)20-13-15(8-5-14-6-9-17(32)10-7-14)25(36)22-18(20)11-16-12-19-24(35(3)4)27(38)23(30(33)41)29(40)31(19,42)28(39)21(16)26(22)37/h6-7,9-10,13,16,19,23-24,27,36-38,42H,11-12,32H2,1-4H3,(H2,33,41)/t16-,19-,23?,24-,27?,31-/m0/s1. The second-order valence-corrected chi connectivity index (χ2v) is 11.7. The van der Waals surface area contributed by atoms with Crippen LogP contribution in [0.5, 0.6) is 5.75 Å². The van der Waals surface area contributed by atoms with Crippen LogP contribution in [0.2, 0.25) is 0 Å². The number of fused-ring (bicyclic) bond motifs is 3. The number of benzene rings is 2. The number of primary amides is 1. The first-order valence-electron chi connectivity index (χ1n) is 13.5. The molecule has 2 fully saturated rings. The van der Waals surface area contributed by atoms with E-state index < -0.39 is 58.7 Å². The molecule has 6 atom stereocenters. The molecular weight excluding hydrogens is 540 g/mol. The zero-order valence-electron chi connectivity index (χ0n) is 23.8. The minimum absolute atomic E-state index is 0.0108. The van der Waals surface area contributed by atoms with Crippen LogP contribution >= 0.6 is 0 Å². The molecule has 0 radical (unpaired) electrons. The van der Waals surface area contributed by atoms with Gasteiger partial charge in [0.1, 0.15) is 17.4 Å². The van der Waals surface area contributed by atoms with E-state index in [0.717, 1.165) is 0 Å². The van der Waals surface area contributed by atoms with Crippen molar-refractivity contribution in [3.63, 3.8) is 0 Å². The predicted octanol–water partition coefficient (Wildman–Crippen LogP) is 0.177. The predicted molar refractivity (Wildman–Crippen MR) is 155 cm³/mol. The molecular formula is C31H34N4O7. The molecule has 3 aliphatic rings. The number of ketones is 2. The fourth-order valence-corrected chi connectivity index (χ4v) is 6.85. The molecule has 8 N–H and O–H groups in total. The SMILES string of the molecule is CN(C)c1cc(C#Cc2ccc(N)cc2)c(O)c2c1C[C@H]1C[C@H]3[C@H](N(C)C)C(O)C(C(N)=O)C(=O)[C@@]3(O)C(=O)C1=C2O. The van der Waals surface area contributed by atoms with Crippen LogP contribution in [-0.2, 0) is 20.8 Å². The molecule has 5 rings (SSSR count). The van der Waals surface area contributed by atoms with E-state index in [2.05, 4.69) is 11.8 Å². The van der Waals surface area contributed by atoms with Gasteiger partial charge in [0.25, 0.3) is 0 Å². The van der Waals surface area contributed by atoms with Crippen molar-refractivity contribution in [2.24, 2.45) is 23.5 Å². The van der Waals surface area contributed by atoms with Crippen LogP contribution in [0.1, 0.15) is 28.7 Å². The lowest BCUT2D eigenvalue weighted by atomic mass is 9.54. The quantitative estimate of drug-likeness (QED) is 0.167. The lowest BCUT2D eigenvalue weighted by molar-refractivity contribution is -0.184. The van der Waals surface area contributed by atoms with Crippen molar-refractivity contribution in [1.82, 2.24) is 4.90 Å². The van der Waals surface area contributed by atoms with Gasteiger partial charge in [-0.05, 0) is 68.8 Å². The number of amides is 1. The molecule has 2 saturated carbocycles. The maximum atomic E-state index is 14.1. The van der Waals surface area contributed by atoms with E-state index in [-0.39, 0.29) is 35.3 Å². The highest BCUT2D eigenvalue weighted by molar-refractivity contribution is 6.25. The van der Waals surface area contributed by atoms with Gasteiger partial charge in [0.15, 0.2) is 11.4 Å². The Labute approximate surface area is 243 Å². The highest BCUT2D eigenvalue weighted by atomic mass is 16.3. The number of carbonyl (C=O) groups is 3. The van der Waals surface area contributed by atoms with E-state index in [4.69, 9.17) is 11.5 Å². The summed E-state index contributed by atoms with van der Waals surface area (Å²) in [7, 11) is 6.82. The number of Topliss-reactive ketones (excluding diaryl/α,β-unsaturated/α-hetero) is 2. The van der Waals surface area contributed by atoms with Gasteiger partial charge in [-0.3, -0.25) is 14.4 Å². The van der Waals surface area contributed by atoms with Gasteiger partial charge in [0.2, 0.25) is 11.7 Å². The minimum Gasteiger partial charge on any atom is -0.507 e. The monoisotopic (exact) mass is 574 g/mol. The van der Waals surface area contributed by atoms with Crippen LogP contribution in [0.25, 0.3) is 5.76 Å². The summed E-state index contributed by atoms with van der Waals surface area (Å²) in [5.41, 5.74) is 10.9. The Morgan fingerprint density at radius 2 is 1.71 bits per heavy atom. The highest BCUT2D eigenvalue weighted by Gasteiger charge is 2.67. The third-order valence-electron chi connectivity index (χ3n) is 8.80. The lowest BCUT2D eigenvalue weighted by Crippen LogP contribution is -2.73. The number of nitrogen functional groups attached to an aromatic ring is 1. The molecule has 2 aromatic rings. The molecule has 0 aromatic heterocycles. The molecule has 42 heavy (non-hydrogen) atoms. The smallest absolute Gasteiger partial charge is 0.230 e. The van der Waals surface area contributed by atoms with Gasteiger partial charge in [0.05, 0.1) is 17.2 Å². The van der Waals surface area contributed by atoms with Crippen LogP contribution in [0.15, 0.2) is 35.9 Å². The summed E-state index contributed by atoms with van der Waals surface area (Å²) >= 11 is 0. The van der Waals surface area contributed by atoms with Gasteiger partial charge >= 0.3 is 0 Å². The first kappa shape index (κ1) is 29.1. The van der Waals surface area contributed by atoms with E-state index >= 15 is 0 Å². The Balaban J connectivity index is 1.69. The number of aliphatic hydroxyl groups is 3. The second kappa shape index (κ2) is 10.2. The number of rotatable bonds is 3. The van der Waals surface area contributed by atoms with E-state index in [9.17, 15) is 34.8 Å².